The van der Waals surface area contributed by atoms with E-state index in [0.717, 1.165) is 16.7 Å². The molecule has 0 spiro atoms. The number of benzene rings is 1. The van der Waals surface area contributed by atoms with Gasteiger partial charge < -0.3 is 5.11 Å². The summed E-state index contributed by atoms with van der Waals surface area (Å²) in [6.07, 6.45) is 0. The fraction of sp³-hybridized carbons (Fsp3) is 0.333. The summed E-state index contributed by atoms with van der Waals surface area (Å²) in [6.45, 7) is 5.76. The zero-order chi connectivity index (χ0) is 7.72. The van der Waals surface area contributed by atoms with Gasteiger partial charge in [0, 0.05) is 38.5 Å². The van der Waals surface area contributed by atoms with Crippen molar-refractivity contribution < 1.29 is 37.8 Å². The first-order valence-electron chi connectivity index (χ1n) is 3.30. The maximum absolute atomic E-state index is 9.26. The van der Waals surface area contributed by atoms with Crippen molar-refractivity contribution >= 4 is 0 Å². The van der Waals surface area contributed by atoms with Crippen LogP contribution in [0.15, 0.2) is 6.07 Å². The fourth-order valence-corrected chi connectivity index (χ4v) is 0.931. The Balaban J connectivity index is 0.000001000. The Labute approximate surface area is 92.7 Å². The molecule has 0 heterocycles. The Morgan fingerprint density at radius 2 is 1.82 bits per heavy atom. The van der Waals surface area contributed by atoms with E-state index in [4.69, 9.17) is 0 Å². The van der Waals surface area contributed by atoms with Gasteiger partial charge in [-0.2, -0.15) is 17.2 Å². The standard InChI is InChI=1S/C9H11O.Y/c1-6-4-7(2)8(3)9(10)5-6;/h5,10H,1-3H3;/q-1;. The molecule has 1 rings (SSSR count). The number of rotatable bonds is 0. The Kier molecular flexibility index (Phi) is 4.27. The van der Waals surface area contributed by atoms with Crippen LogP contribution in [0.25, 0.3) is 0 Å². The van der Waals surface area contributed by atoms with Crippen LogP contribution >= 0.6 is 0 Å². The van der Waals surface area contributed by atoms with Gasteiger partial charge in [0.2, 0.25) is 0 Å². The Morgan fingerprint density at radius 3 is 2.27 bits per heavy atom. The third-order valence-corrected chi connectivity index (χ3v) is 1.68. The molecule has 0 saturated heterocycles. The van der Waals surface area contributed by atoms with Gasteiger partial charge in [-0.05, 0) is 0 Å². The van der Waals surface area contributed by atoms with Crippen molar-refractivity contribution in [2.24, 2.45) is 0 Å². The second kappa shape index (κ2) is 4.22. The third-order valence-electron chi connectivity index (χ3n) is 1.68. The van der Waals surface area contributed by atoms with Crippen molar-refractivity contribution in [1.82, 2.24) is 0 Å². The van der Waals surface area contributed by atoms with Crippen molar-refractivity contribution in [3.63, 3.8) is 0 Å². The Hall–Kier alpha value is 0.124. The first-order valence-corrected chi connectivity index (χ1v) is 3.30. The molecular formula is C9H11OY-. The van der Waals surface area contributed by atoms with Gasteiger partial charge in [-0.3, -0.25) is 0 Å². The van der Waals surface area contributed by atoms with Crippen LogP contribution in [0, 0.1) is 26.8 Å². The molecule has 0 bridgehead atoms. The summed E-state index contributed by atoms with van der Waals surface area (Å²) in [5.74, 6) is 0.369. The molecule has 1 nitrogen and oxygen atoms in total. The molecule has 2 heteroatoms. The molecule has 1 radical (unpaired) electrons. The molecule has 0 saturated carbocycles. The van der Waals surface area contributed by atoms with Gasteiger partial charge >= 0.3 is 0 Å². The number of aryl methyl sites for hydroxylation is 2. The van der Waals surface area contributed by atoms with E-state index in [0.29, 0.717) is 5.75 Å². The predicted molar refractivity (Wildman–Crippen MR) is 41.2 cm³/mol. The molecule has 0 aliphatic rings. The number of aromatic hydroxyl groups is 1. The number of hydrogen-bond donors (Lipinski definition) is 1. The molecule has 0 unspecified atom stereocenters. The van der Waals surface area contributed by atoms with Crippen molar-refractivity contribution in [1.29, 1.82) is 0 Å². The summed E-state index contributed by atoms with van der Waals surface area (Å²) < 4.78 is 0. The average molecular weight is 224 g/mol. The molecule has 57 valence electrons. The molecule has 0 atom stereocenters. The maximum Gasteiger partial charge on any atom is 0.0116 e. The van der Waals surface area contributed by atoms with Crippen LogP contribution in [0.1, 0.15) is 16.7 Å². The number of phenols is 1. The van der Waals surface area contributed by atoms with Crippen LogP contribution in [0.2, 0.25) is 0 Å². The van der Waals surface area contributed by atoms with Crippen LogP contribution in [0.4, 0.5) is 0 Å². The molecule has 0 aliphatic carbocycles. The van der Waals surface area contributed by atoms with Crippen molar-refractivity contribution in [2.45, 2.75) is 20.8 Å². The van der Waals surface area contributed by atoms with E-state index in [2.05, 4.69) is 6.07 Å². The Bertz CT molecular complexity index is 233. The second-order valence-electron chi connectivity index (χ2n) is 2.59. The maximum atomic E-state index is 9.26. The topological polar surface area (TPSA) is 20.2 Å². The third kappa shape index (κ3) is 2.57. The minimum atomic E-state index is 0. The normalized spacial score (nSPS) is 9.00. The summed E-state index contributed by atoms with van der Waals surface area (Å²) in [5.41, 5.74) is 2.93. The van der Waals surface area contributed by atoms with Crippen molar-refractivity contribution in [3.05, 3.63) is 28.8 Å². The van der Waals surface area contributed by atoms with Crippen molar-refractivity contribution in [2.75, 3.05) is 0 Å². The van der Waals surface area contributed by atoms with Gasteiger partial charge in [0.05, 0.1) is 0 Å². The summed E-state index contributed by atoms with van der Waals surface area (Å²) in [7, 11) is 0. The van der Waals surface area contributed by atoms with Gasteiger partial charge in [-0.25, -0.2) is 0 Å². The van der Waals surface area contributed by atoms with Gasteiger partial charge in [0.15, 0.2) is 0 Å². The molecule has 1 aromatic rings. The van der Waals surface area contributed by atoms with Crippen LogP contribution in [0.5, 0.6) is 5.75 Å². The molecule has 11 heavy (non-hydrogen) atoms. The van der Waals surface area contributed by atoms with Gasteiger partial charge in [-0.1, -0.05) is 20.8 Å². The van der Waals surface area contributed by atoms with Gasteiger partial charge in [0.25, 0.3) is 0 Å². The Morgan fingerprint density at radius 1 is 1.27 bits per heavy atom. The van der Waals surface area contributed by atoms with Crippen LogP contribution < -0.4 is 0 Å². The molecule has 1 aromatic carbocycles. The molecular weight excluding hydrogens is 213 g/mol. The monoisotopic (exact) mass is 224 g/mol. The predicted octanol–water partition coefficient (Wildman–Crippen LogP) is 2.12. The summed E-state index contributed by atoms with van der Waals surface area (Å²) in [4.78, 5) is 0. The number of hydrogen-bond acceptors (Lipinski definition) is 1. The average Bonchev–Trinajstić information content (AvgIpc) is 1.82. The van der Waals surface area contributed by atoms with E-state index in [1.165, 1.54) is 0 Å². The molecule has 0 fully saturated rings. The van der Waals surface area contributed by atoms with E-state index in [-0.39, 0.29) is 32.7 Å². The largest absolute Gasteiger partial charge is 0.533 e. The molecule has 0 aromatic heterocycles. The molecule has 0 aliphatic heterocycles. The zero-order valence-corrected chi connectivity index (χ0v) is 9.94. The van der Waals surface area contributed by atoms with Crippen LogP contribution in [-0.4, -0.2) is 5.11 Å². The minimum Gasteiger partial charge on any atom is -0.533 e. The van der Waals surface area contributed by atoms with E-state index in [1.807, 2.05) is 20.8 Å². The van der Waals surface area contributed by atoms with Crippen LogP contribution in [-0.2, 0) is 32.7 Å². The first-order chi connectivity index (χ1) is 4.61. The SMILES string of the molecule is Cc1[c-]c(C)c(C)c(O)c1.[Y]. The fourth-order valence-electron chi connectivity index (χ4n) is 0.931. The smallest absolute Gasteiger partial charge is 0.0116 e. The van der Waals surface area contributed by atoms with Crippen LogP contribution in [0.3, 0.4) is 0 Å². The van der Waals surface area contributed by atoms with E-state index >= 15 is 0 Å². The summed E-state index contributed by atoms with van der Waals surface area (Å²) in [6, 6.07) is 4.84. The number of phenolic OH excluding ortho intramolecular Hbond substituents is 1. The van der Waals surface area contributed by atoms with E-state index in [9.17, 15) is 5.11 Å². The molecule has 0 amide bonds. The van der Waals surface area contributed by atoms with Gasteiger partial charge in [0.1, 0.15) is 0 Å². The summed E-state index contributed by atoms with van der Waals surface area (Å²) >= 11 is 0. The second-order valence-corrected chi connectivity index (χ2v) is 2.59. The zero-order valence-electron chi connectivity index (χ0n) is 7.10. The van der Waals surface area contributed by atoms with E-state index < -0.39 is 0 Å². The quantitative estimate of drug-likeness (QED) is 0.669. The van der Waals surface area contributed by atoms with Gasteiger partial charge in [-0.15, -0.1) is 11.6 Å². The van der Waals surface area contributed by atoms with E-state index in [1.54, 1.807) is 6.07 Å². The van der Waals surface area contributed by atoms with Crippen molar-refractivity contribution in [3.8, 4) is 5.75 Å². The molecule has 1 N–H and O–H groups in total. The summed E-state index contributed by atoms with van der Waals surface area (Å²) in [5, 5.41) is 9.26. The minimum absolute atomic E-state index is 0. The first kappa shape index (κ1) is 11.1.